The molecule has 42 heavy (non-hydrogen) atoms. The summed E-state index contributed by atoms with van der Waals surface area (Å²) < 4.78 is 5.95. The van der Waals surface area contributed by atoms with Crippen molar-refractivity contribution in [3.8, 4) is 5.75 Å². The molecule has 4 rings (SSSR count). The number of benzene rings is 2. The Labute approximate surface area is 248 Å². The van der Waals surface area contributed by atoms with Gasteiger partial charge in [0, 0.05) is 46.2 Å². The predicted molar refractivity (Wildman–Crippen MR) is 160 cm³/mol. The lowest BCUT2D eigenvalue weighted by atomic mass is 10.0. The summed E-state index contributed by atoms with van der Waals surface area (Å²) in [5.74, 6) is -0.979. The van der Waals surface area contributed by atoms with Crippen molar-refractivity contribution >= 4 is 23.6 Å². The Morgan fingerprint density at radius 1 is 0.881 bits per heavy atom. The summed E-state index contributed by atoms with van der Waals surface area (Å²) in [5.41, 5.74) is 1.24. The van der Waals surface area contributed by atoms with E-state index in [2.05, 4.69) is 15.5 Å². The Hall–Kier alpha value is -3.92. The number of nitrogens with zero attached hydrogens (tertiary/aromatic N) is 3. The quantitative estimate of drug-likeness (QED) is 0.578. The van der Waals surface area contributed by atoms with E-state index < -0.39 is 23.9 Å². The van der Waals surface area contributed by atoms with Gasteiger partial charge in [-0.3, -0.25) is 19.2 Å². The molecule has 0 bridgehead atoms. The summed E-state index contributed by atoms with van der Waals surface area (Å²) in [4.78, 5) is 59.6. The second kappa shape index (κ2) is 15.3. The molecule has 0 aromatic heterocycles. The van der Waals surface area contributed by atoms with Gasteiger partial charge in [-0.2, -0.15) is 0 Å². The molecule has 2 aromatic rings. The van der Waals surface area contributed by atoms with E-state index in [0.717, 1.165) is 31.2 Å². The number of likely N-dealkylation sites (N-methyl/N-ethyl adjacent to an activating group) is 2. The molecule has 2 N–H and O–H groups in total. The molecular formula is C32H43N5O5. The predicted octanol–water partition coefficient (Wildman–Crippen LogP) is 2.09. The first kappa shape index (κ1) is 31.0. The molecule has 1 saturated heterocycles. The first-order valence-corrected chi connectivity index (χ1v) is 14.9. The molecular weight excluding hydrogens is 534 g/mol. The van der Waals surface area contributed by atoms with Gasteiger partial charge >= 0.3 is 0 Å². The monoisotopic (exact) mass is 577 g/mol. The second-order valence-electron chi connectivity index (χ2n) is 11.1. The van der Waals surface area contributed by atoms with Crippen LogP contribution in [0.1, 0.15) is 48.0 Å². The normalized spacial score (nSPS) is 22.2. The summed E-state index contributed by atoms with van der Waals surface area (Å²) in [6, 6.07) is 14.7. The van der Waals surface area contributed by atoms with Crippen LogP contribution < -0.4 is 15.4 Å². The summed E-state index contributed by atoms with van der Waals surface area (Å²) >= 11 is 0. The first-order chi connectivity index (χ1) is 20.3. The minimum atomic E-state index is -1.09. The summed E-state index contributed by atoms with van der Waals surface area (Å²) in [5, 5.41) is 5.84. The molecule has 0 radical (unpaired) electrons. The SMILES string of the molecule is CN1CCN(C(=O)[C@@H]2CC(=O)N(C)[C@@H](Cc3ccccc3)C(=O)NCCCCCCOc3ccccc3C(=O)N2)CC1. The number of rotatable bonds is 3. The van der Waals surface area contributed by atoms with Crippen molar-refractivity contribution in [1.29, 1.82) is 0 Å². The highest BCUT2D eigenvalue weighted by atomic mass is 16.5. The summed E-state index contributed by atoms with van der Waals surface area (Å²) in [6.45, 7) is 3.38. The van der Waals surface area contributed by atoms with Gasteiger partial charge in [0.05, 0.1) is 18.6 Å². The van der Waals surface area contributed by atoms with E-state index in [4.69, 9.17) is 4.74 Å². The van der Waals surface area contributed by atoms with E-state index in [1.165, 1.54) is 4.90 Å². The number of ether oxygens (including phenoxy) is 1. The van der Waals surface area contributed by atoms with Gasteiger partial charge in [-0.1, -0.05) is 55.3 Å². The second-order valence-corrected chi connectivity index (χ2v) is 11.1. The number of carbonyl (C=O) groups is 4. The minimum Gasteiger partial charge on any atom is -0.493 e. The summed E-state index contributed by atoms with van der Waals surface area (Å²) in [7, 11) is 3.59. The molecule has 2 atom stereocenters. The van der Waals surface area contributed by atoms with Gasteiger partial charge in [-0.15, -0.1) is 0 Å². The van der Waals surface area contributed by atoms with Gasteiger partial charge in [-0.25, -0.2) is 0 Å². The lowest BCUT2D eigenvalue weighted by molar-refractivity contribution is -0.142. The third-order valence-electron chi connectivity index (χ3n) is 7.99. The van der Waals surface area contributed by atoms with E-state index in [1.807, 2.05) is 37.4 Å². The molecule has 0 aliphatic carbocycles. The maximum atomic E-state index is 13.7. The van der Waals surface area contributed by atoms with Crippen LogP contribution in [0.25, 0.3) is 0 Å². The van der Waals surface area contributed by atoms with Crippen LogP contribution in [0.3, 0.4) is 0 Å². The van der Waals surface area contributed by atoms with Gasteiger partial charge in [-0.05, 0) is 37.6 Å². The van der Waals surface area contributed by atoms with Gasteiger partial charge in [0.2, 0.25) is 17.7 Å². The van der Waals surface area contributed by atoms with Crippen LogP contribution in [0.5, 0.6) is 5.75 Å². The van der Waals surface area contributed by atoms with E-state index in [-0.39, 0.29) is 18.2 Å². The van der Waals surface area contributed by atoms with Crippen LogP contribution in [-0.4, -0.2) is 104 Å². The Morgan fingerprint density at radius 3 is 2.33 bits per heavy atom. The highest BCUT2D eigenvalue weighted by molar-refractivity contribution is 6.01. The zero-order valence-corrected chi connectivity index (χ0v) is 24.7. The number of hydrogen-bond donors (Lipinski definition) is 2. The Morgan fingerprint density at radius 2 is 1.57 bits per heavy atom. The van der Waals surface area contributed by atoms with Crippen molar-refractivity contribution in [2.24, 2.45) is 0 Å². The van der Waals surface area contributed by atoms with Crippen LogP contribution in [0.15, 0.2) is 54.6 Å². The number of fused-ring (bicyclic) bond motifs is 1. The van der Waals surface area contributed by atoms with Crippen molar-refractivity contribution in [3.63, 3.8) is 0 Å². The van der Waals surface area contributed by atoms with Crippen LogP contribution in [0.4, 0.5) is 0 Å². The van der Waals surface area contributed by atoms with Crippen LogP contribution in [0, 0.1) is 0 Å². The average Bonchev–Trinajstić information content (AvgIpc) is 3.00. The van der Waals surface area contributed by atoms with Crippen molar-refractivity contribution < 1.29 is 23.9 Å². The van der Waals surface area contributed by atoms with Gasteiger partial charge < -0.3 is 30.1 Å². The van der Waals surface area contributed by atoms with Crippen LogP contribution in [-0.2, 0) is 20.8 Å². The third-order valence-corrected chi connectivity index (χ3v) is 7.99. The van der Waals surface area contributed by atoms with E-state index in [1.54, 1.807) is 36.2 Å². The molecule has 4 amide bonds. The molecule has 226 valence electrons. The zero-order valence-electron chi connectivity index (χ0n) is 24.7. The zero-order chi connectivity index (χ0) is 29.9. The molecule has 10 nitrogen and oxygen atoms in total. The first-order valence-electron chi connectivity index (χ1n) is 14.9. The average molecular weight is 578 g/mol. The van der Waals surface area contributed by atoms with Crippen LogP contribution >= 0.6 is 0 Å². The van der Waals surface area contributed by atoms with E-state index >= 15 is 0 Å². The fraction of sp³-hybridized carbons (Fsp3) is 0.500. The molecule has 1 fully saturated rings. The molecule has 0 saturated carbocycles. The number of para-hydroxylation sites is 1. The van der Waals surface area contributed by atoms with Crippen molar-refractivity contribution in [3.05, 3.63) is 65.7 Å². The lowest BCUT2D eigenvalue weighted by Gasteiger charge is -2.35. The molecule has 2 aliphatic heterocycles. The minimum absolute atomic E-state index is 0.237. The standard InChI is InChI=1S/C32H43N5O5/c1-35-17-19-37(20-18-35)32(41)26-23-29(38)36(2)27(22-24-12-6-5-7-13-24)31(40)33-16-10-3-4-11-21-42-28-15-9-8-14-25(28)30(39)34-26/h5-9,12-15,26-27H,3-4,10-11,16-23H2,1-2H3,(H,33,40)(H,34,39)/t26-,27-/m0/s1. The van der Waals surface area contributed by atoms with Crippen molar-refractivity contribution in [2.75, 3.05) is 53.4 Å². The number of nitrogens with one attached hydrogen (secondary N) is 2. The largest absolute Gasteiger partial charge is 0.493 e. The fourth-order valence-corrected chi connectivity index (χ4v) is 5.29. The van der Waals surface area contributed by atoms with E-state index in [0.29, 0.717) is 57.1 Å². The fourth-order valence-electron chi connectivity index (χ4n) is 5.29. The third kappa shape index (κ3) is 8.55. The van der Waals surface area contributed by atoms with Gasteiger partial charge in [0.1, 0.15) is 17.8 Å². The van der Waals surface area contributed by atoms with Crippen LogP contribution in [0.2, 0.25) is 0 Å². The lowest BCUT2D eigenvalue weighted by Crippen LogP contribution is -2.56. The highest BCUT2D eigenvalue weighted by Gasteiger charge is 2.34. The van der Waals surface area contributed by atoms with E-state index in [9.17, 15) is 19.2 Å². The Bertz CT molecular complexity index is 1210. The number of piperazine rings is 1. The number of carbonyl (C=O) groups excluding carboxylic acids is 4. The maximum absolute atomic E-state index is 13.7. The smallest absolute Gasteiger partial charge is 0.255 e. The number of hydrogen-bond acceptors (Lipinski definition) is 6. The molecule has 0 unspecified atom stereocenters. The maximum Gasteiger partial charge on any atom is 0.255 e. The Kier molecular flexibility index (Phi) is 11.3. The number of amides is 4. The molecule has 2 aromatic carbocycles. The van der Waals surface area contributed by atoms with Gasteiger partial charge in [0.15, 0.2) is 0 Å². The van der Waals surface area contributed by atoms with Crippen molar-refractivity contribution in [1.82, 2.24) is 25.3 Å². The molecule has 2 heterocycles. The molecule has 0 spiro atoms. The van der Waals surface area contributed by atoms with Crippen molar-refractivity contribution in [2.45, 2.75) is 50.6 Å². The molecule has 10 heteroatoms. The summed E-state index contributed by atoms with van der Waals surface area (Å²) in [6.07, 6.45) is 3.51. The Balaban J connectivity index is 1.61. The molecule has 2 aliphatic rings. The highest BCUT2D eigenvalue weighted by Crippen LogP contribution is 2.20. The van der Waals surface area contributed by atoms with Gasteiger partial charge in [0.25, 0.3) is 5.91 Å². The topological polar surface area (TPSA) is 111 Å².